The molecular weight excluding hydrogens is 432 g/mol. The van der Waals surface area contributed by atoms with E-state index >= 15 is 0 Å². The van der Waals surface area contributed by atoms with E-state index in [9.17, 15) is 9.59 Å². The van der Waals surface area contributed by atoms with Crippen LogP contribution in [0.3, 0.4) is 0 Å². The van der Waals surface area contributed by atoms with Crippen LogP contribution < -0.4 is 19.7 Å². The Hall–Kier alpha value is -3.74. The van der Waals surface area contributed by atoms with Crippen molar-refractivity contribution < 1.29 is 23.5 Å². The molecule has 2 amide bonds. The number of nitrogens with one attached hydrogen (secondary N) is 1. The quantitative estimate of drug-likeness (QED) is 0.571. The number of nitrogens with zero attached hydrogens (tertiary/aromatic N) is 1. The van der Waals surface area contributed by atoms with Gasteiger partial charge in [-0.25, -0.2) is 0 Å². The van der Waals surface area contributed by atoms with Gasteiger partial charge in [-0.15, -0.1) is 0 Å². The number of furan rings is 1. The second kappa shape index (κ2) is 9.63. The van der Waals surface area contributed by atoms with Crippen LogP contribution >= 0.6 is 0 Å². The molecule has 1 fully saturated rings. The summed E-state index contributed by atoms with van der Waals surface area (Å²) in [7, 11) is 0. The Kier molecular flexibility index (Phi) is 6.25. The first-order chi connectivity index (χ1) is 16.6. The van der Waals surface area contributed by atoms with E-state index in [4.69, 9.17) is 13.9 Å². The molecule has 1 aromatic heterocycles. The molecule has 34 heavy (non-hydrogen) atoms. The number of carbonyl (C=O) groups excluding carboxylic acids is 2. The summed E-state index contributed by atoms with van der Waals surface area (Å²) in [5, 5.41) is 3.19. The van der Waals surface area contributed by atoms with Gasteiger partial charge < -0.3 is 19.2 Å². The highest BCUT2D eigenvalue weighted by molar-refractivity contribution is 6.08. The van der Waals surface area contributed by atoms with E-state index in [1.54, 1.807) is 30.3 Å². The Labute approximate surface area is 198 Å². The van der Waals surface area contributed by atoms with Crippen molar-refractivity contribution in [1.29, 1.82) is 0 Å². The van der Waals surface area contributed by atoms with Crippen molar-refractivity contribution in [2.24, 2.45) is 0 Å². The summed E-state index contributed by atoms with van der Waals surface area (Å²) in [5.41, 5.74) is 2.32. The minimum Gasteiger partial charge on any atom is -0.486 e. The number of benzene rings is 2. The number of hydrogen-bond donors (Lipinski definition) is 1. The third kappa shape index (κ3) is 4.51. The van der Waals surface area contributed by atoms with Gasteiger partial charge in [0.05, 0.1) is 6.26 Å². The maximum Gasteiger partial charge on any atom is 0.294 e. The molecule has 0 spiro atoms. The molecule has 5 rings (SSSR count). The van der Waals surface area contributed by atoms with Gasteiger partial charge in [0.1, 0.15) is 19.3 Å². The fourth-order valence-corrected chi connectivity index (χ4v) is 4.60. The van der Waals surface area contributed by atoms with Crippen LogP contribution in [0.1, 0.15) is 53.4 Å². The lowest BCUT2D eigenvalue weighted by atomic mass is 10.0. The molecule has 1 saturated carbocycles. The number of amides is 2. The fraction of sp³-hybridized carbons (Fsp3) is 0.333. The Morgan fingerprint density at radius 2 is 1.71 bits per heavy atom. The fourth-order valence-electron chi connectivity index (χ4n) is 4.60. The van der Waals surface area contributed by atoms with Crippen molar-refractivity contribution >= 4 is 17.5 Å². The van der Waals surface area contributed by atoms with E-state index in [0.717, 1.165) is 36.8 Å². The zero-order valence-corrected chi connectivity index (χ0v) is 19.2. The van der Waals surface area contributed by atoms with Crippen LogP contribution in [-0.4, -0.2) is 31.1 Å². The number of aryl methyl sites for hydroxylation is 1. The molecule has 176 valence electrons. The number of hydrogen-bond acceptors (Lipinski definition) is 5. The van der Waals surface area contributed by atoms with Crippen LogP contribution in [0.4, 0.5) is 5.69 Å². The van der Waals surface area contributed by atoms with Crippen LogP contribution in [0, 0.1) is 6.92 Å². The van der Waals surface area contributed by atoms with Crippen molar-refractivity contribution in [3.8, 4) is 11.5 Å². The van der Waals surface area contributed by atoms with E-state index in [1.165, 1.54) is 11.2 Å². The largest absolute Gasteiger partial charge is 0.486 e. The number of ether oxygens (including phenoxy) is 2. The Morgan fingerprint density at radius 3 is 2.41 bits per heavy atom. The predicted octanol–water partition coefficient (Wildman–Crippen LogP) is 4.81. The lowest BCUT2D eigenvalue weighted by Crippen LogP contribution is -2.46. The summed E-state index contributed by atoms with van der Waals surface area (Å²) in [6.07, 6.45) is 5.54. The molecule has 1 aliphatic heterocycles. The summed E-state index contributed by atoms with van der Waals surface area (Å²) in [6.45, 7) is 2.88. The van der Waals surface area contributed by atoms with E-state index < -0.39 is 11.9 Å². The molecule has 3 aromatic rings. The molecule has 1 aliphatic carbocycles. The van der Waals surface area contributed by atoms with Gasteiger partial charge in [0.15, 0.2) is 17.3 Å². The summed E-state index contributed by atoms with van der Waals surface area (Å²) in [4.78, 5) is 29.0. The second-order valence-corrected chi connectivity index (χ2v) is 8.78. The maximum atomic E-state index is 13.8. The number of fused-ring (bicyclic) bond motifs is 1. The summed E-state index contributed by atoms with van der Waals surface area (Å²) in [6, 6.07) is 15.5. The molecule has 1 N–H and O–H groups in total. The van der Waals surface area contributed by atoms with Crippen molar-refractivity contribution in [2.45, 2.75) is 44.7 Å². The summed E-state index contributed by atoms with van der Waals surface area (Å²) < 4.78 is 16.9. The Bertz CT molecular complexity index is 1150. The highest BCUT2D eigenvalue weighted by Gasteiger charge is 2.36. The maximum absolute atomic E-state index is 13.8. The third-order valence-electron chi connectivity index (χ3n) is 6.36. The standard InChI is InChI=1S/C27H28N2O5/c1-18-8-10-19(11-9-18)25(26(30)28-20-5-2-3-6-20)29(27(31)23-7-4-14-32-23)21-12-13-22-24(17-21)34-16-15-33-22/h4,7-14,17,20,25H,2-3,5-6,15-16H2,1H3,(H,28,30). The minimum atomic E-state index is -0.888. The molecule has 1 unspecified atom stereocenters. The molecule has 2 aromatic carbocycles. The molecule has 7 nitrogen and oxygen atoms in total. The first-order valence-corrected chi connectivity index (χ1v) is 11.7. The first-order valence-electron chi connectivity index (χ1n) is 11.7. The zero-order chi connectivity index (χ0) is 23.5. The molecule has 0 bridgehead atoms. The second-order valence-electron chi connectivity index (χ2n) is 8.78. The van der Waals surface area contributed by atoms with Crippen molar-refractivity contribution in [2.75, 3.05) is 18.1 Å². The van der Waals surface area contributed by atoms with Gasteiger partial charge in [0.2, 0.25) is 5.91 Å². The normalized spacial score (nSPS) is 16.1. The minimum absolute atomic E-state index is 0.112. The van der Waals surface area contributed by atoms with Crippen LogP contribution in [-0.2, 0) is 4.79 Å². The third-order valence-corrected chi connectivity index (χ3v) is 6.36. The summed E-state index contributed by atoms with van der Waals surface area (Å²) in [5.74, 6) is 0.683. The van der Waals surface area contributed by atoms with E-state index in [-0.39, 0.29) is 17.7 Å². The number of rotatable bonds is 6. The molecule has 2 heterocycles. The Morgan fingerprint density at radius 1 is 0.971 bits per heavy atom. The van der Waals surface area contributed by atoms with Gasteiger partial charge >= 0.3 is 0 Å². The highest BCUT2D eigenvalue weighted by Crippen LogP contribution is 2.38. The average Bonchev–Trinajstić information content (AvgIpc) is 3.57. The predicted molar refractivity (Wildman–Crippen MR) is 127 cm³/mol. The van der Waals surface area contributed by atoms with Gasteiger partial charge in [-0.3, -0.25) is 14.5 Å². The monoisotopic (exact) mass is 460 g/mol. The number of anilines is 1. The Balaban J connectivity index is 1.60. The lowest BCUT2D eigenvalue weighted by Gasteiger charge is -2.32. The SMILES string of the molecule is Cc1ccc(C(C(=O)NC2CCCC2)N(C(=O)c2ccco2)c2ccc3c(c2)OCCO3)cc1. The van der Waals surface area contributed by atoms with E-state index in [1.807, 2.05) is 31.2 Å². The van der Waals surface area contributed by atoms with Gasteiger partial charge in [-0.1, -0.05) is 42.7 Å². The van der Waals surface area contributed by atoms with Crippen molar-refractivity contribution in [3.05, 3.63) is 77.7 Å². The molecule has 0 saturated heterocycles. The molecule has 1 atom stereocenters. The topological polar surface area (TPSA) is 81.0 Å². The van der Waals surface area contributed by atoms with Gasteiger partial charge in [0, 0.05) is 17.8 Å². The van der Waals surface area contributed by atoms with Gasteiger partial charge in [-0.05, 0) is 49.6 Å². The van der Waals surface area contributed by atoms with Crippen molar-refractivity contribution in [3.63, 3.8) is 0 Å². The number of carbonyl (C=O) groups is 2. The van der Waals surface area contributed by atoms with Crippen molar-refractivity contribution in [1.82, 2.24) is 5.32 Å². The van der Waals surface area contributed by atoms with Gasteiger partial charge in [0.25, 0.3) is 5.91 Å². The molecule has 2 aliphatic rings. The molecule has 0 radical (unpaired) electrons. The van der Waals surface area contributed by atoms with Crippen LogP contribution in [0.15, 0.2) is 65.3 Å². The van der Waals surface area contributed by atoms with Crippen LogP contribution in [0.25, 0.3) is 0 Å². The first kappa shape index (κ1) is 22.1. The summed E-state index contributed by atoms with van der Waals surface area (Å²) >= 11 is 0. The average molecular weight is 461 g/mol. The molecular formula is C27H28N2O5. The highest BCUT2D eigenvalue weighted by atomic mass is 16.6. The lowest BCUT2D eigenvalue weighted by molar-refractivity contribution is -0.123. The molecule has 7 heteroatoms. The van der Waals surface area contributed by atoms with Crippen LogP contribution in [0.5, 0.6) is 11.5 Å². The zero-order valence-electron chi connectivity index (χ0n) is 19.2. The van der Waals surface area contributed by atoms with Crippen LogP contribution in [0.2, 0.25) is 0 Å². The van der Waals surface area contributed by atoms with Gasteiger partial charge in [-0.2, -0.15) is 0 Å². The smallest absolute Gasteiger partial charge is 0.294 e. The van der Waals surface area contributed by atoms with E-state index in [2.05, 4.69) is 5.32 Å². The van der Waals surface area contributed by atoms with E-state index in [0.29, 0.717) is 30.4 Å².